The fourth-order valence-corrected chi connectivity index (χ4v) is 3.57. The Hall–Kier alpha value is -2.99. The Kier molecular flexibility index (Phi) is 3.57. The third-order valence-electron chi connectivity index (χ3n) is 4.66. The number of rotatable bonds is 2. The highest BCUT2D eigenvalue weighted by atomic mass is 35.5. The first-order valence-corrected chi connectivity index (χ1v) is 8.80. The van der Waals surface area contributed by atoms with Crippen LogP contribution in [0.1, 0.15) is 5.82 Å². The number of anilines is 1. The molecule has 5 rings (SSSR count). The molecule has 0 radical (unpaired) electrons. The van der Waals surface area contributed by atoms with Crippen molar-refractivity contribution in [1.82, 2.24) is 24.7 Å². The van der Waals surface area contributed by atoms with E-state index in [1.54, 1.807) is 6.33 Å². The first-order chi connectivity index (χ1) is 12.8. The standard InChI is InChI=1S/C19H15ClN6/c20-14-6-7-15-16(10-14)21-12-22-19(15)25-8-9-26-17(11-25)23-24-18(26)13-4-2-1-3-5-13/h1-7,10,12H,8-9,11H2. The van der Waals surface area contributed by atoms with E-state index in [1.807, 2.05) is 36.4 Å². The Morgan fingerprint density at radius 2 is 1.81 bits per heavy atom. The summed E-state index contributed by atoms with van der Waals surface area (Å²) >= 11 is 6.09. The van der Waals surface area contributed by atoms with E-state index in [0.29, 0.717) is 11.6 Å². The predicted molar refractivity (Wildman–Crippen MR) is 101 cm³/mol. The molecular formula is C19H15ClN6. The first kappa shape index (κ1) is 15.3. The minimum Gasteiger partial charge on any atom is -0.347 e. The average molecular weight is 363 g/mol. The summed E-state index contributed by atoms with van der Waals surface area (Å²) in [7, 11) is 0. The van der Waals surface area contributed by atoms with Gasteiger partial charge in [-0.1, -0.05) is 41.9 Å². The van der Waals surface area contributed by atoms with Crippen LogP contribution in [0.25, 0.3) is 22.3 Å². The van der Waals surface area contributed by atoms with E-state index in [2.05, 4.69) is 41.8 Å². The van der Waals surface area contributed by atoms with Crippen LogP contribution in [0.15, 0.2) is 54.9 Å². The third-order valence-corrected chi connectivity index (χ3v) is 4.90. The summed E-state index contributed by atoms with van der Waals surface area (Å²) < 4.78 is 2.19. The van der Waals surface area contributed by atoms with Gasteiger partial charge in [-0.2, -0.15) is 0 Å². The molecule has 0 N–H and O–H groups in total. The molecule has 0 spiro atoms. The van der Waals surface area contributed by atoms with E-state index >= 15 is 0 Å². The number of benzene rings is 2. The highest BCUT2D eigenvalue weighted by molar-refractivity contribution is 6.31. The van der Waals surface area contributed by atoms with E-state index in [4.69, 9.17) is 11.6 Å². The molecule has 1 aliphatic heterocycles. The van der Waals surface area contributed by atoms with Crippen molar-refractivity contribution in [2.45, 2.75) is 13.1 Å². The molecule has 26 heavy (non-hydrogen) atoms. The van der Waals surface area contributed by atoms with Crippen molar-refractivity contribution >= 4 is 28.3 Å². The van der Waals surface area contributed by atoms with E-state index < -0.39 is 0 Å². The van der Waals surface area contributed by atoms with Gasteiger partial charge in [-0.3, -0.25) is 0 Å². The number of aromatic nitrogens is 5. The lowest BCUT2D eigenvalue weighted by molar-refractivity contribution is 0.561. The molecule has 1 aliphatic rings. The molecule has 7 heteroatoms. The molecule has 0 bridgehead atoms. The van der Waals surface area contributed by atoms with Gasteiger partial charge in [0.05, 0.1) is 12.1 Å². The van der Waals surface area contributed by atoms with Crippen LogP contribution in [-0.4, -0.2) is 31.3 Å². The molecule has 0 atom stereocenters. The normalized spacial score (nSPS) is 13.8. The van der Waals surface area contributed by atoms with E-state index in [9.17, 15) is 0 Å². The molecule has 0 amide bonds. The predicted octanol–water partition coefficient (Wildman–Crippen LogP) is 3.56. The Morgan fingerprint density at radius 1 is 0.923 bits per heavy atom. The highest BCUT2D eigenvalue weighted by Gasteiger charge is 2.23. The SMILES string of the molecule is Clc1ccc2c(N3CCn4c(nnc4-c4ccccc4)C3)ncnc2c1. The summed E-state index contributed by atoms with van der Waals surface area (Å²) in [5.41, 5.74) is 1.93. The van der Waals surface area contributed by atoms with Gasteiger partial charge >= 0.3 is 0 Å². The van der Waals surface area contributed by atoms with Gasteiger partial charge in [-0.05, 0) is 18.2 Å². The van der Waals surface area contributed by atoms with Crippen LogP contribution in [0, 0.1) is 0 Å². The average Bonchev–Trinajstić information content (AvgIpc) is 3.11. The Morgan fingerprint density at radius 3 is 2.69 bits per heavy atom. The zero-order chi connectivity index (χ0) is 17.5. The van der Waals surface area contributed by atoms with E-state index in [1.165, 1.54) is 0 Å². The van der Waals surface area contributed by atoms with Gasteiger partial charge in [0.1, 0.15) is 12.1 Å². The van der Waals surface area contributed by atoms with Crippen molar-refractivity contribution < 1.29 is 0 Å². The number of hydrogen-bond acceptors (Lipinski definition) is 5. The maximum absolute atomic E-state index is 6.09. The summed E-state index contributed by atoms with van der Waals surface area (Å²) in [4.78, 5) is 11.1. The van der Waals surface area contributed by atoms with Gasteiger partial charge in [0.15, 0.2) is 11.6 Å². The second-order valence-corrected chi connectivity index (χ2v) is 6.67. The van der Waals surface area contributed by atoms with Gasteiger partial charge in [0, 0.05) is 29.1 Å². The molecule has 0 aliphatic carbocycles. The highest BCUT2D eigenvalue weighted by Crippen LogP contribution is 2.29. The Balaban J connectivity index is 1.52. The van der Waals surface area contributed by atoms with Gasteiger partial charge in [-0.25, -0.2) is 9.97 Å². The summed E-state index contributed by atoms with van der Waals surface area (Å²) in [6, 6.07) is 15.9. The van der Waals surface area contributed by atoms with Crippen molar-refractivity contribution in [3.05, 3.63) is 65.7 Å². The topological polar surface area (TPSA) is 59.7 Å². The monoisotopic (exact) mass is 362 g/mol. The van der Waals surface area contributed by atoms with E-state index in [0.717, 1.165) is 47.0 Å². The number of halogens is 1. The summed E-state index contributed by atoms with van der Waals surface area (Å²) in [6.07, 6.45) is 1.59. The van der Waals surface area contributed by atoms with Gasteiger partial charge in [0.2, 0.25) is 0 Å². The molecule has 2 aromatic carbocycles. The maximum atomic E-state index is 6.09. The molecule has 0 saturated heterocycles. The number of hydrogen-bond donors (Lipinski definition) is 0. The van der Waals surface area contributed by atoms with Crippen LogP contribution in [-0.2, 0) is 13.1 Å². The van der Waals surface area contributed by atoms with Crippen LogP contribution >= 0.6 is 11.6 Å². The Labute approximate surface area is 155 Å². The molecular weight excluding hydrogens is 348 g/mol. The lowest BCUT2D eigenvalue weighted by Crippen LogP contribution is -2.34. The smallest absolute Gasteiger partial charge is 0.164 e. The zero-order valence-corrected chi connectivity index (χ0v) is 14.6. The zero-order valence-electron chi connectivity index (χ0n) is 13.9. The largest absolute Gasteiger partial charge is 0.347 e. The maximum Gasteiger partial charge on any atom is 0.164 e. The van der Waals surface area contributed by atoms with Crippen LogP contribution in [0.2, 0.25) is 5.02 Å². The molecule has 0 saturated carbocycles. The van der Waals surface area contributed by atoms with Crippen molar-refractivity contribution in [3.8, 4) is 11.4 Å². The molecule has 4 aromatic rings. The molecule has 128 valence electrons. The second kappa shape index (κ2) is 6.07. The third kappa shape index (κ3) is 2.50. The van der Waals surface area contributed by atoms with Crippen LogP contribution in [0.3, 0.4) is 0 Å². The van der Waals surface area contributed by atoms with Crippen molar-refractivity contribution in [3.63, 3.8) is 0 Å². The fourth-order valence-electron chi connectivity index (χ4n) is 3.41. The Bertz CT molecular complexity index is 1090. The van der Waals surface area contributed by atoms with Crippen LogP contribution in [0.4, 0.5) is 5.82 Å². The quantitative estimate of drug-likeness (QED) is 0.545. The number of fused-ring (bicyclic) bond motifs is 2. The minimum absolute atomic E-state index is 0.661. The van der Waals surface area contributed by atoms with Crippen LogP contribution in [0.5, 0.6) is 0 Å². The van der Waals surface area contributed by atoms with Crippen molar-refractivity contribution in [2.75, 3.05) is 11.4 Å². The fraction of sp³-hybridized carbons (Fsp3) is 0.158. The molecule has 6 nitrogen and oxygen atoms in total. The summed E-state index contributed by atoms with van der Waals surface area (Å²) in [6.45, 7) is 2.31. The number of nitrogens with zero attached hydrogens (tertiary/aromatic N) is 6. The molecule has 3 heterocycles. The molecule has 0 unspecified atom stereocenters. The second-order valence-electron chi connectivity index (χ2n) is 6.24. The van der Waals surface area contributed by atoms with Gasteiger partial charge in [-0.15, -0.1) is 10.2 Å². The summed E-state index contributed by atoms with van der Waals surface area (Å²) in [5.74, 6) is 2.76. The summed E-state index contributed by atoms with van der Waals surface area (Å²) in [5, 5.41) is 10.5. The van der Waals surface area contributed by atoms with Gasteiger partial charge < -0.3 is 9.47 Å². The van der Waals surface area contributed by atoms with Crippen molar-refractivity contribution in [1.29, 1.82) is 0 Å². The van der Waals surface area contributed by atoms with Gasteiger partial charge in [0.25, 0.3) is 0 Å². The lowest BCUT2D eigenvalue weighted by Gasteiger charge is -2.29. The lowest BCUT2D eigenvalue weighted by atomic mass is 10.2. The minimum atomic E-state index is 0.661. The van der Waals surface area contributed by atoms with Crippen LogP contribution < -0.4 is 4.90 Å². The molecule has 2 aromatic heterocycles. The first-order valence-electron chi connectivity index (χ1n) is 8.42. The van der Waals surface area contributed by atoms with E-state index in [-0.39, 0.29) is 0 Å². The van der Waals surface area contributed by atoms with Crippen molar-refractivity contribution in [2.24, 2.45) is 0 Å². The molecule has 0 fully saturated rings.